The minimum Gasteiger partial charge on any atom is -0.318 e. The van der Waals surface area contributed by atoms with Crippen molar-refractivity contribution in [2.24, 2.45) is 0 Å². The molecule has 1 saturated heterocycles. The molecule has 0 bridgehead atoms. The van der Waals surface area contributed by atoms with Crippen LogP contribution in [0.2, 0.25) is 0 Å². The SMILES string of the molecule is CNCC1CN(C)CC(C)N1C1CCCCC1. The van der Waals surface area contributed by atoms with Crippen molar-refractivity contribution in [1.29, 1.82) is 0 Å². The van der Waals surface area contributed by atoms with Crippen LogP contribution in [-0.2, 0) is 0 Å². The van der Waals surface area contributed by atoms with E-state index >= 15 is 0 Å². The summed E-state index contributed by atoms with van der Waals surface area (Å²) in [7, 11) is 4.34. The van der Waals surface area contributed by atoms with E-state index in [1.54, 1.807) is 0 Å². The number of piperazine rings is 1. The Bertz CT molecular complexity index is 226. The molecular weight excluding hydrogens is 210 g/mol. The zero-order valence-corrected chi connectivity index (χ0v) is 11.8. The molecule has 1 aliphatic carbocycles. The summed E-state index contributed by atoms with van der Waals surface area (Å²) in [6, 6.07) is 2.28. The van der Waals surface area contributed by atoms with Crippen LogP contribution in [0.4, 0.5) is 0 Å². The fourth-order valence-corrected chi connectivity index (χ4v) is 3.88. The summed E-state index contributed by atoms with van der Waals surface area (Å²) in [6.45, 7) is 6.00. The third kappa shape index (κ3) is 3.21. The van der Waals surface area contributed by atoms with Gasteiger partial charge in [0.25, 0.3) is 0 Å². The minimum absolute atomic E-state index is 0.705. The molecule has 0 radical (unpaired) electrons. The van der Waals surface area contributed by atoms with Crippen LogP contribution < -0.4 is 5.32 Å². The first-order valence-electron chi connectivity index (χ1n) is 7.33. The average molecular weight is 239 g/mol. The van der Waals surface area contributed by atoms with Crippen LogP contribution in [0.25, 0.3) is 0 Å². The summed E-state index contributed by atoms with van der Waals surface area (Å²) in [6.07, 6.45) is 7.18. The molecule has 3 nitrogen and oxygen atoms in total. The van der Waals surface area contributed by atoms with Gasteiger partial charge >= 0.3 is 0 Å². The largest absolute Gasteiger partial charge is 0.318 e. The fraction of sp³-hybridized carbons (Fsp3) is 1.00. The van der Waals surface area contributed by atoms with Crippen molar-refractivity contribution in [3.05, 3.63) is 0 Å². The zero-order valence-electron chi connectivity index (χ0n) is 11.8. The maximum absolute atomic E-state index is 3.38. The summed E-state index contributed by atoms with van der Waals surface area (Å²) in [5.74, 6) is 0. The Balaban J connectivity index is 2.03. The summed E-state index contributed by atoms with van der Waals surface area (Å²) >= 11 is 0. The normalized spacial score (nSPS) is 34.1. The first-order valence-corrected chi connectivity index (χ1v) is 7.33. The fourth-order valence-electron chi connectivity index (χ4n) is 3.88. The summed E-state index contributed by atoms with van der Waals surface area (Å²) in [5.41, 5.74) is 0. The second-order valence-corrected chi connectivity index (χ2v) is 6.02. The van der Waals surface area contributed by atoms with E-state index in [2.05, 4.69) is 36.1 Å². The van der Waals surface area contributed by atoms with Crippen LogP contribution in [0.5, 0.6) is 0 Å². The number of hydrogen-bond donors (Lipinski definition) is 1. The smallest absolute Gasteiger partial charge is 0.0353 e. The van der Waals surface area contributed by atoms with E-state index in [1.807, 2.05) is 0 Å². The van der Waals surface area contributed by atoms with Crippen molar-refractivity contribution in [1.82, 2.24) is 15.1 Å². The van der Waals surface area contributed by atoms with Gasteiger partial charge in [-0.3, -0.25) is 4.90 Å². The summed E-state index contributed by atoms with van der Waals surface area (Å²) in [4.78, 5) is 5.32. The van der Waals surface area contributed by atoms with E-state index in [9.17, 15) is 0 Å². The highest BCUT2D eigenvalue weighted by atomic mass is 15.3. The maximum Gasteiger partial charge on any atom is 0.0353 e. The molecule has 1 aliphatic heterocycles. The van der Waals surface area contributed by atoms with Gasteiger partial charge in [0.15, 0.2) is 0 Å². The van der Waals surface area contributed by atoms with Crippen LogP contribution >= 0.6 is 0 Å². The summed E-state index contributed by atoms with van der Waals surface area (Å²) in [5, 5.41) is 3.38. The summed E-state index contributed by atoms with van der Waals surface area (Å²) < 4.78 is 0. The highest BCUT2D eigenvalue weighted by Gasteiger charge is 2.35. The minimum atomic E-state index is 0.705. The van der Waals surface area contributed by atoms with E-state index in [-0.39, 0.29) is 0 Å². The molecular formula is C14H29N3. The molecule has 0 amide bonds. The number of hydrogen-bond acceptors (Lipinski definition) is 3. The lowest BCUT2D eigenvalue weighted by Gasteiger charge is -2.49. The van der Waals surface area contributed by atoms with Crippen LogP contribution in [0.3, 0.4) is 0 Å². The van der Waals surface area contributed by atoms with Crippen molar-refractivity contribution >= 4 is 0 Å². The lowest BCUT2D eigenvalue weighted by atomic mass is 9.91. The molecule has 1 N–H and O–H groups in total. The van der Waals surface area contributed by atoms with E-state index in [1.165, 1.54) is 45.2 Å². The van der Waals surface area contributed by atoms with Gasteiger partial charge in [-0.15, -0.1) is 0 Å². The van der Waals surface area contributed by atoms with Gasteiger partial charge in [-0.25, -0.2) is 0 Å². The standard InChI is InChI=1S/C14H29N3/c1-12-10-16(3)11-14(9-15-2)17(12)13-7-5-4-6-8-13/h12-15H,4-11H2,1-3H3. The molecule has 2 rings (SSSR count). The Labute approximate surface area is 107 Å². The molecule has 0 aromatic heterocycles. The van der Waals surface area contributed by atoms with Gasteiger partial charge in [0, 0.05) is 37.8 Å². The molecule has 1 saturated carbocycles. The van der Waals surface area contributed by atoms with Crippen molar-refractivity contribution < 1.29 is 0 Å². The third-order valence-electron chi connectivity index (χ3n) is 4.46. The Morgan fingerprint density at radius 3 is 2.47 bits per heavy atom. The Morgan fingerprint density at radius 2 is 1.82 bits per heavy atom. The molecule has 0 aromatic carbocycles. The lowest BCUT2D eigenvalue weighted by molar-refractivity contribution is -0.00239. The topological polar surface area (TPSA) is 18.5 Å². The predicted molar refractivity (Wildman–Crippen MR) is 73.4 cm³/mol. The van der Waals surface area contributed by atoms with E-state index in [0.717, 1.165) is 18.6 Å². The number of rotatable bonds is 3. The van der Waals surface area contributed by atoms with Gasteiger partial charge in [0.05, 0.1) is 0 Å². The highest BCUT2D eigenvalue weighted by Crippen LogP contribution is 2.28. The zero-order chi connectivity index (χ0) is 12.3. The van der Waals surface area contributed by atoms with Crippen molar-refractivity contribution in [3.63, 3.8) is 0 Å². The van der Waals surface area contributed by atoms with Crippen LogP contribution in [0.15, 0.2) is 0 Å². The predicted octanol–water partition coefficient (Wildman–Crippen LogP) is 1.54. The molecule has 0 spiro atoms. The van der Waals surface area contributed by atoms with Gasteiger partial charge in [0.1, 0.15) is 0 Å². The quantitative estimate of drug-likeness (QED) is 0.806. The van der Waals surface area contributed by atoms with E-state index < -0.39 is 0 Å². The molecule has 3 heteroatoms. The maximum atomic E-state index is 3.38. The Kier molecular flexibility index (Phi) is 4.83. The number of likely N-dealkylation sites (N-methyl/N-ethyl adjacent to an activating group) is 2. The second kappa shape index (κ2) is 6.17. The number of nitrogens with zero attached hydrogens (tertiary/aromatic N) is 2. The molecule has 0 aromatic rings. The average Bonchev–Trinajstić information content (AvgIpc) is 2.30. The lowest BCUT2D eigenvalue weighted by Crippen LogP contribution is -2.62. The van der Waals surface area contributed by atoms with Gasteiger partial charge in [-0.1, -0.05) is 19.3 Å². The second-order valence-electron chi connectivity index (χ2n) is 6.02. The monoisotopic (exact) mass is 239 g/mol. The first kappa shape index (κ1) is 13.3. The first-order chi connectivity index (χ1) is 8.22. The van der Waals surface area contributed by atoms with Crippen molar-refractivity contribution in [3.8, 4) is 0 Å². The molecule has 2 aliphatic rings. The molecule has 2 fully saturated rings. The van der Waals surface area contributed by atoms with Crippen molar-refractivity contribution in [2.75, 3.05) is 33.7 Å². The van der Waals surface area contributed by atoms with Gasteiger partial charge in [0.2, 0.25) is 0 Å². The molecule has 2 unspecified atom stereocenters. The van der Waals surface area contributed by atoms with Crippen LogP contribution in [-0.4, -0.2) is 61.7 Å². The van der Waals surface area contributed by atoms with Crippen molar-refractivity contribution in [2.45, 2.75) is 57.2 Å². The van der Waals surface area contributed by atoms with Gasteiger partial charge in [-0.05, 0) is 33.9 Å². The van der Waals surface area contributed by atoms with E-state index in [0.29, 0.717) is 6.04 Å². The molecule has 17 heavy (non-hydrogen) atoms. The number of nitrogens with one attached hydrogen (secondary N) is 1. The molecule has 100 valence electrons. The van der Waals surface area contributed by atoms with Crippen LogP contribution in [0, 0.1) is 0 Å². The highest BCUT2D eigenvalue weighted by molar-refractivity contribution is 4.92. The molecule has 1 heterocycles. The van der Waals surface area contributed by atoms with Gasteiger partial charge in [-0.2, -0.15) is 0 Å². The van der Waals surface area contributed by atoms with E-state index in [4.69, 9.17) is 0 Å². The molecule has 2 atom stereocenters. The third-order valence-corrected chi connectivity index (χ3v) is 4.46. The Morgan fingerprint density at radius 1 is 1.12 bits per heavy atom. The van der Waals surface area contributed by atoms with Crippen LogP contribution in [0.1, 0.15) is 39.0 Å². The Hall–Kier alpha value is -0.120. The van der Waals surface area contributed by atoms with Gasteiger partial charge < -0.3 is 10.2 Å².